The zero-order valence-electron chi connectivity index (χ0n) is 14.8. The van der Waals surface area contributed by atoms with Crippen molar-refractivity contribution in [2.75, 3.05) is 26.2 Å². The summed E-state index contributed by atoms with van der Waals surface area (Å²) in [4.78, 5) is 15.4. The Labute approximate surface area is 153 Å². The lowest BCUT2D eigenvalue weighted by Crippen LogP contribution is -2.46. The van der Waals surface area contributed by atoms with Crippen molar-refractivity contribution in [3.05, 3.63) is 75.3 Å². The van der Waals surface area contributed by atoms with Crippen molar-refractivity contribution < 1.29 is 4.92 Å². The first kappa shape index (κ1) is 18.1. The highest BCUT2D eigenvalue weighted by Gasteiger charge is 2.23. The second-order valence-electron chi connectivity index (χ2n) is 6.65. The summed E-state index contributed by atoms with van der Waals surface area (Å²) in [6.07, 6.45) is 0. The van der Waals surface area contributed by atoms with Crippen molar-refractivity contribution >= 4 is 5.69 Å². The normalized spacial score (nSPS) is 16.8. The number of benzene rings is 2. The third-order valence-electron chi connectivity index (χ3n) is 5.01. The Bertz CT molecular complexity index is 805. The first-order valence-corrected chi connectivity index (χ1v) is 8.76. The lowest BCUT2D eigenvalue weighted by atomic mass is 10.1. The van der Waals surface area contributed by atoms with E-state index in [1.165, 1.54) is 11.6 Å². The molecule has 0 bridgehead atoms. The molecular formula is C20H22N4O2. The largest absolute Gasteiger partial charge is 0.297 e. The summed E-state index contributed by atoms with van der Waals surface area (Å²) >= 11 is 0. The maximum atomic E-state index is 11.0. The molecule has 1 atom stereocenters. The van der Waals surface area contributed by atoms with E-state index in [9.17, 15) is 10.1 Å². The van der Waals surface area contributed by atoms with Crippen LogP contribution in [0.25, 0.3) is 0 Å². The Morgan fingerprint density at radius 1 is 1.15 bits per heavy atom. The molecule has 2 aromatic carbocycles. The predicted octanol–water partition coefficient (Wildman–Crippen LogP) is 3.35. The maximum absolute atomic E-state index is 11.0. The van der Waals surface area contributed by atoms with Gasteiger partial charge in [-0.2, -0.15) is 5.26 Å². The van der Waals surface area contributed by atoms with Gasteiger partial charge in [0.1, 0.15) is 0 Å². The van der Waals surface area contributed by atoms with Crippen molar-refractivity contribution in [1.82, 2.24) is 9.80 Å². The van der Waals surface area contributed by atoms with Crippen LogP contribution in [-0.4, -0.2) is 40.9 Å². The second kappa shape index (κ2) is 8.09. The molecular weight excluding hydrogens is 328 g/mol. The van der Waals surface area contributed by atoms with Gasteiger partial charge in [0, 0.05) is 50.9 Å². The minimum absolute atomic E-state index is 0.147. The molecule has 26 heavy (non-hydrogen) atoms. The maximum Gasteiger partial charge on any atom is 0.269 e. The Kier molecular flexibility index (Phi) is 5.61. The van der Waals surface area contributed by atoms with Gasteiger partial charge in [-0.05, 0) is 30.2 Å². The summed E-state index contributed by atoms with van der Waals surface area (Å²) in [5.74, 6) is 0. The minimum atomic E-state index is -0.342. The van der Waals surface area contributed by atoms with Crippen molar-refractivity contribution in [1.29, 1.82) is 5.26 Å². The smallest absolute Gasteiger partial charge is 0.269 e. The average Bonchev–Trinajstić information content (AvgIpc) is 2.68. The first-order chi connectivity index (χ1) is 12.6. The van der Waals surface area contributed by atoms with Crippen molar-refractivity contribution in [3.63, 3.8) is 0 Å². The van der Waals surface area contributed by atoms with Gasteiger partial charge < -0.3 is 0 Å². The van der Waals surface area contributed by atoms with E-state index in [0.29, 0.717) is 5.56 Å². The predicted molar refractivity (Wildman–Crippen MR) is 99.5 cm³/mol. The van der Waals surface area contributed by atoms with Crippen LogP contribution in [0.2, 0.25) is 0 Å². The number of non-ortho nitro benzene ring substituents is 1. The summed E-state index contributed by atoms with van der Waals surface area (Å²) in [7, 11) is 0. The number of piperazine rings is 1. The monoisotopic (exact) mass is 350 g/mol. The summed E-state index contributed by atoms with van der Waals surface area (Å²) in [5, 5.41) is 19.8. The van der Waals surface area contributed by atoms with Gasteiger partial charge in [-0.15, -0.1) is 0 Å². The van der Waals surface area contributed by atoms with Crippen LogP contribution < -0.4 is 0 Å². The number of nitro groups is 1. The van der Waals surface area contributed by atoms with E-state index in [4.69, 9.17) is 5.26 Å². The quantitative estimate of drug-likeness (QED) is 0.611. The fraction of sp³-hybridized carbons (Fsp3) is 0.350. The van der Waals surface area contributed by atoms with Gasteiger partial charge in [-0.3, -0.25) is 19.9 Å². The van der Waals surface area contributed by atoms with Crippen LogP contribution in [0.4, 0.5) is 5.69 Å². The van der Waals surface area contributed by atoms with E-state index in [2.05, 4.69) is 22.8 Å². The van der Waals surface area contributed by atoms with Gasteiger partial charge in [-0.1, -0.05) is 24.3 Å². The molecule has 0 aliphatic carbocycles. The van der Waals surface area contributed by atoms with Gasteiger partial charge in [0.15, 0.2) is 0 Å². The van der Waals surface area contributed by atoms with Crippen LogP contribution in [0.15, 0.2) is 48.5 Å². The van der Waals surface area contributed by atoms with Crippen LogP contribution in [-0.2, 0) is 6.54 Å². The number of nitriles is 1. The fourth-order valence-corrected chi connectivity index (χ4v) is 3.36. The number of hydrogen-bond acceptors (Lipinski definition) is 5. The van der Waals surface area contributed by atoms with Crippen molar-refractivity contribution in [2.45, 2.75) is 19.5 Å². The van der Waals surface area contributed by atoms with E-state index in [1.807, 2.05) is 30.3 Å². The van der Waals surface area contributed by atoms with Crippen LogP contribution >= 0.6 is 0 Å². The van der Waals surface area contributed by atoms with E-state index in [1.54, 1.807) is 12.1 Å². The lowest BCUT2D eigenvalue weighted by Gasteiger charge is -2.38. The highest BCUT2D eigenvalue weighted by molar-refractivity contribution is 5.35. The third kappa shape index (κ3) is 4.26. The summed E-state index contributed by atoms with van der Waals surface area (Å²) in [6, 6.07) is 17.0. The fourth-order valence-electron chi connectivity index (χ4n) is 3.36. The summed E-state index contributed by atoms with van der Waals surface area (Å²) < 4.78 is 0. The highest BCUT2D eigenvalue weighted by Crippen LogP contribution is 2.25. The van der Waals surface area contributed by atoms with Crippen molar-refractivity contribution in [2.24, 2.45) is 0 Å². The molecule has 1 aliphatic rings. The lowest BCUT2D eigenvalue weighted by molar-refractivity contribution is -0.385. The Hall–Kier alpha value is -2.75. The topological polar surface area (TPSA) is 73.4 Å². The Balaban J connectivity index is 1.56. The molecule has 0 amide bonds. The van der Waals surface area contributed by atoms with Gasteiger partial charge in [-0.25, -0.2) is 0 Å². The first-order valence-electron chi connectivity index (χ1n) is 8.76. The number of rotatable bonds is 5. The second-order valence-corrected chi connectivity index (χ2v) is 6.65. The number of nitrogens with zero attached hydrogens (tertiary/aromatic N) is 4. The summed E-state index contributed by atoms with van der Waals surface area (Å²) in [6.45, 7) is 6.76. The molecule has 134 valence electrons. The highest BCUT2D eigenvalue weighted by atomic mass is 16.6. The molecule has 1 saturated heterocycles. The Morgan fingerprint density at radius 2 is 1.85 bits per heavy atom. The molecule has 6 heteroatoms. The van der Waals surface area contributed by atoms with Gasteiger partial charge in [0.25, 0.3) is 5.69 Å². The van der Waals surface area contributed by atoms with Crippen LogP contribution in [0.3, 0.4) is 0 Å². The SMILES string of the molecule is CC(c1cccc([N+](=O)[O-])c1)N1CCN(Cc2ccc(C#N)cc2)CC1. The van der Waals surface area contributed by atoms with E-state index in [-0.39, 0.29) is 16.7 Å². The van der Waals surface area contributed by atoms with E-state index >= 15 is 0 Å². The van der Waals surface area contributed by atoms with E-state index in [0.717, 1.165) is 38.3 Å². The molecule has 0 N–H and O–H groups in total. The molecule has 0 aromatic heterocycles. The minimum Gasteiger partial charge on any atom is -0.297 e. The zero-order valence-corrected chi connectivity index (χ0v) is 14.8. The van der Waals surface area contributed by atoms with Gasteiger partial charge in [0.05, 0.1) is 16.6 Å². The molecule has 1 unspecified atom stereocenters. The van der Waals surface area contributed by atoms with Gasteiger partial charge >= 0.3 is 0 Å². The molecule has 0 spiro atoms. The molecule has 2 aromatic rings. The molecule has 1 aliphatic heterocycles. The molecule has 0 radical (unpaired) electrons. The molecule has 1 heterocycles. The summed E-state index contributed by atoms with van der Waals surface area (Å²) in [5.41, 5.74) is 3.03. The number of nitro benzene ring substituents is 1. The molecule has 6 nitrogen and oxygen atoms in total. The zero-order chi connectivity index (χ0) is 18.5. The average molecular weight is 350 g/mol. The molecule has 0 saturated carbocycles. The van der Waals surface area contributed by atoms with Gasteiger partial charge in [0.2, 0.25) is 0 Å². The van der Waals surface area contributed by atoms with E-state index < -0.39 is 0 Å². The standard InChI is InChI=1S/C20H22N4O2/c1-16(19-3-2-4-20(13-19)24(25)26)23-11-9-22(10-12-23)15-18-7-5-17(14-21)6-8-18/h2-8,13,16H,9-12,15H2,1H3. The molecule has 1 fully saturated rings. The third-order valence-corrected chi connectivity index (χ3v) is 5.01. The van der Waals surface area contributed by atoms with Crippen LogP contribution in [0.5, 0.6) is 0 Å². The molecule has 3 rings (SSSR count). The number of hydrogen-bond donors (Lipinski definition) is 0. The van der Waals surface area contributed by atoms with Crippen LogP contribution in [0.1, 0.15) is 29.7 Å². The van der Waals surface area contributed by atoms with Crippen LogP contribution in [0, 0.1) is 21.4 Å². The Morgan fingerprint density at radius 3 is 2.46 bits per heavy atom. The van der Waals surface area contributed by atoms with Crippen molar-refractivity contribution in [3.8, 4) is 6.07 Å².